The summed E-state index contributed by atoms with van der Waals surface area (Å²) < 4.78 is 35.9. The van der Waals surface area contributed by atoms with Crippen molar-refractivity contribution in [2.24, 2.45) is 5.92 Å². The van der Waals surface area contributed by atoms with Crippen LogP contribution in [0.1, 0.15) is 88.7 Å². The molecule has 9 nitrogen and oxygen atoms in total. The van der Waals surface area contributed by atoms with Crippen LogP contribution in [0, 0.1) is 5.92 Å². The topological polar surface area (TPSA) is 110 Å². The van der Waals surface area contributed by atoms with Crippen LogP contribution in [0.2, 0.25) is 0 Å². The van der Waals surface area contributed by atoms with E-state index in [9.17, 15) is 13.5 Å². The van der Waals surface area contributed by atoms with E-state index >= 15 is 0 Å². The van der Waals surface area contributed by atoms with E-state index < -0.39 is 10.0 Å². The van der Waals surface area contributed by atoms with Gasteiger partial charge in [-0.1, -0.05) is 13.3 Å². The predicted octanol–water partition coefficient (Wildman–Crippen LogP) is 3.81. The average Bonchev–Trinajstić information content (AvgIpc) is 3.58. The van der Waals surface area contributed by atoms with Crippen LogP contribution < -0.4 is 5.32 Å². The van der Waals surface area contributed by atoms with Gasteiger partial charge in [-0.25, -0.2) is 17.7 Å². The van der Waals surface area contributed by atoms with E-state index in [4.69, 9.17) is 14.7 Å². The molecule has 2 aliphatic carbocycles. The van der Waals surface area contributed by atoms with Crippen molar-refractivity contribution in [3.8, 4) is 0 Å². The molecule has 0 amide bonds. The number of ether oxygens (including phenoxy) is 1. The molecule has 204 valence electrons. The van der Waals surface area contributed by atoms with E-state index in [1.807, 2.05) is 6.20 Å². The first kappa shape index (κ1) is 25.5. The lowest BCUT2D eigenvalue weighted by atomic mass is 9.90. The maximum Gasteiger partial charge on any atom is 0.224 e. The van der Waals surface area contributed by atoms with Gasteiger partial charge in [0.2, 0.25) is 16.0 Å². The molecule has 2 aliphatic heterocycles. The van der Waals surface area contributed by atoms with Gasteiger partial charge in [-0.2, -0.15) is 4.98 Å². The van der Waals surface area contributed by atoms with Crippen molar-refractivity contribution in [1.29, 1.82) is 0 Å². The summed E-state index contributed by atoms with van der Waals surface area (Å²) in [5.41, 5.74) is 2.22. The molecule has 2 aromatic rings. The SMILES string of the molecule is CC[C@H]1C[C@@H]1Nc1ncc2c(C3CCN(S(=O)(=O)C4CCOCC4)CC3)cn([C@H]3CC[C@H](O)CC3)c2n1. The molecule has 6 rings (SSSR count). The van der Waals surface area contributed by atoms with Crippen LogP contribution >= 0.6 is 0 Å². The third-order valence-electron chi connectivity index (χ3n) is 9.27. The highest BCUT2D eigenvalue weighted by atomic mass is 32.2. The Morgan fingerprint density at radius 2 is 1.81 bits per heavy atom. The van der Waals surface area contributed by atoms with E-state index in [1.165, 1.54) is 18.4 Å². The van der Waals surface area contributed by atoms with Crippen LogP contribution in [0.4, 0.5) is 5.95 Å². The van der Waals surface area contributed by atoms with E-state index in [0.29, 0.717) is 63.1 Å². The number of hydrogen-bond acceptors (Lipinski definition) is 7. The first-order chi connectivity index (χ1) is 17.9. The second-order valence-electron chi connectivity index (χ2n) is 11.6. The Morgan fingerprint density at radius 1 is 1.08 bits per heavy atom. The summed E-state index contributed by atoms with van der Waals surface area (Å²) in [7, 11) is -3.28. The second-order valence-corrected chi connectivity index (χ2v) is 13.8. The maximum absolute atomic E-state index is 13.2. The van der Waals surface area contributed by atoms with Gasteiger partial charge in [-0.05, 0) is 75.2 Å². The van der Waals surface area contributed by atoms with E-state index in [2.05, 4.69) is 23.0 Å². The molecule has 0 spiro atoms. The monoisotopic (exact) mass is 531 g/mol. The number of nitrogens with zero attached hydrogens (tertiary/aromatic N) is 4. The van der Waals surface area contributed by atoms with Crippen molar-refractivity contribution in [3.63, 3.8) is 0 Å². The molecule has 0 aromatic carbocycles. The highest BCUT2D eigenvalue weighted by Gasteiger charge is 2.38. The fourth-order valence-electron chi connectivity index (χ4n) is 6.71. The molecule has 2 saturated carbocycles. The Bertz CT molecular complexity index is 1190. The molecule has 4 heterocycles. The molecule has 4 aliphatic rings. The van der Waals surface area contributed by atoms with E-state index in [0.717, 1.165) is 49.6 Å². The van der Waals surface area contributed by atoms with Gasteiger partial charge < -0.3 is 19.7 Å². The Hall–Kier alpha value is -1.75. The number of rotatable bonds is 7. The molecule has 2 aromatic heterocycles. The third kappa shape index (κ3) is 5.14. The summed E-state index contributed by atoms with van der Waals surface area (Å²) in [4.78, 5) is 9.71. The molecule has 0 bridgehead atoms. The highest BCUT2D eigenvalue weighted by Crippen LogP contribution is 2.40. The summed E-state index contributed by atoms with van der Waals surface area (Å²) in [6, 6.07) is 0.790. The van der Waals surface area contributed by atoms with Gasteiger partial charge in [-0.3, -0.25) is 0 Å². The number of piperidine rings is 1. The van der Waals surface area contributed by atoms with E-state index in [-0.39, 0.29) is 17.3 Å². The minimum absolute atomic E-state index is 0.202. The normalized spacial score (nSPS) is 30.5. The Kier molecular flexibility index (Phi) is 7.20. The minimum Gasteiger partial charge on any atom is -0.393 e. The summed E-state index contributed by atoms with van der Waals surface area (Å²) in [5, 5.41) is 14.4. The molecule has 0 unspecified atom stereocenters. The number of fused-ring (bicyclic) bond motifs is 1. The summed E-state index contributed by atoms with van der Waals surface area (Å²) >= 11 is 0. The lowest BCUT2D eigenvalue weighted by Gasteiger charge is -2.34. The number of anilines is 1. The van der Waals surface area contributed by atoms with Crippen LogP contribution in [0.3, 0.4) is 0 Å². The first-order valence-electron chi connectivity index (χ1n) is 14.3. The van der Waals surface area contributed by atoms with Crippen molar-refractivity contribution in [3.05, 3.63) is 18.0 Å². The van der Waals surface area contributed by atoms with Crippen LogP contribution in [0.25, 0.3) is 11.0 Å². The molecule has 2 atom stereocenters. The highest BCUT2D eigenvalue weighted by molar-refractivity contribution is 7.89. The van der Waals surface area contributed by atoms with Crippen molar-refractivity contribution >= 4 is 27.0 Å². The summed E-state index contributed by atoms with van der Waals surface area (Å²) in [6.07, 6.45) is 12.7. The molecular formula is C27H41N5O4S. The van der Waals surface area contributed by atoms with Crippen LogP contribution in [-0.4, -0.2) is 76.1 Å². The third-order valence-corrected chi connectivity index (χ3v) is 11.7. The number of aliphatic hydroxyl groups is 1. The zero-order valence-electron chi connectivity index (χ0n) is 21.9. The molecular weight excluding hydrogens is 490 g/mol. The fourth-order valence-corrected chi connectivity index (χ4v) is 8.64. The van der Waals surface area contributed by atoms with Crippen LogP contribution in [0.15, 0.2) is 12.4 Å². The number of nitrogens with one attached hydrogen (secondary N) is 1. The number of aromatic nitrogens is 3. The van der Waals surface area contributed by atoms with Crippen LogP contribution in [0.5, 0.6) is 0 Å². The lowest BCUT2D eigenvalue weighted by Crippen LogP contribution is -2.44. The molecule has 2 saturated heterocycles. The zero-order valence-corrected chi connectivity index (χ0v) is 22.7. The molecule has 10 heteroatoms. The van der Waals surface area contributed by atoms with Crippen molar-refractivity contribution in [2.75, 3.05) is 31.6 Å². The van der Waals surface area contributed by atoms with Gasteiger partial charge in [0.05, 0.1) is 11.4 Å². The average molecular weight is 532 g/mol. The Balaban J connectivity index is 1.24. The number of aliphatic hydroxyl groups excluding tert-OH is 1. The summed E-state index contributed by atoms with van der Waals surface area (Å²) in [5.74, 6) is 1.70. The quantitative estimate of drug-likeness (QED) is 0.559. The number of sulfonamides is 1. The molecule has 0 radical (unpaired) electrons. The van der Waals surface area contributed by atoms with Gasteiger partial charge in [0.15, 0.2) is 0 Å². The minimum atomic E-state index is -3.28. The van der Waals surface area contributed by atoms with Crippen LogP contribution in [-0.2, 0) is 14.8 Å². The van der Waals surface area contributed by atoms with Gasteiger partial charge in [0.25, 0.3) is 0 Å². The van der Waals surface area contributed by atoms with E-state index in [1.54, 1.807) is 4.31 Å². The summed E-state index contributed by atoms with van der Waals surface area (Å²) in [6.45, 7) is 4.43. The largest absolute Gasteiger partial charge is 0.393 e. The zero-order chi connectivity index (χ0) is 25.6. The van der Waals surface area contributed by atoms with Gasteiger partial charge in [-0.15, -0.1) is 0 Å². The Morgan fingerprint density at radius 3 is 2.49 bits per heavy atom. The van der Waals surface area contributed by atoms with Crippen molar-refractivity contribution in [1.82, 2.24) is 18.8 Å². The van der Waals surface area contributed by atoms with Gasteiger partial charge in [0, 0.05) is 56.2 Å². The van der Waals surface area contributed by atoms with Crippen molar-refractivity contribution < 1.29 is 18.3 Å². The number of hydrogen-bond donors (Lipinski definition) is 2. The molecule has 4 fully saturated rings. The van der Waals surface area contributed by atoms with Gasteiger partial charge >= 0.3 is 0 Å². The van der Waals surface area contributed by atoms with Crippen molar-refractivity contribution in [2.45, 2.75) is 100 Å². The standard InChI is InChI=1S/C27H41N5O4S/c1-2-18-15-25(18)29-27-28-16-23-24(17-32(26(23)30-27)20-3-5-21(33)6-4-20)19-7-11-31(12-8-19)37(34,35)22-9-13-36-14-10-22/h16-22,25,33H,2-15H2,1H3,(H,28,29,30)/t18-,20-,21-,25-/m0/s1. The second kappa shape index (κ2) is 10.4. The molecule has 2 N–H and O–H groups in total. The smallest absolute Gasteiger partial charge is 0.224 e. The first-order valence-corrected chi connectivity index (χ1v) is 15.8. The maximum atomic E-state index is 13.2. The fraction of sp³-hybridized carbons (Fsp3) is 0.778. The van der Waals surface area contributed by atoms with Gasteiger partial charge in [0.1, 0.15) is 5.65 Å². The lowest BCUT2D eigenvalue weighted by molar-refractivity contribution is 0.0969. The predicted molar refractivity (Wildman–Crippen MR) is 143 cm³/mol. The Labute approximate surface area is 220 Å². The molecule has 37 heavy (non-hydrogen) atoms.